The molecule has 2 aliphatic rings. The number of carbonyl (C=O) groups excluding carboxylic acids is 2. The van der Waals surface area contributed by atoms with E-state index in [1.54, 1.807) is 23.9 Å². The first-order chi connectivity index (χ1) is 10.6. The van der Waals surface area contributed by atoms with Crippen LogP contribution in [0.2, 0.25) is 0 Å². The first-order valence-electron chi connectivity index (χ1n) is 7.90. The second kappa shape index (κ2) is 6.52. The van der Waals surface area contributed by atoms with E-state index in [1.807, 2.05) is 20.8 Å². The van der Waals surface area contributed by atoms with E-state index in [9.17, 15) is 9.59 Å². The van der Waals surface area contributed by atoms with Gasteiger partial charge in [0.05, 0.1) is 19.8 Å². The van der Waals surface area contributed by atoms with Gasteiger partial charge in [0.2, 0.25) is 0 Å². The van der Waals surface area contributed by atoms with Crippen LogP contribution in [0, 0.1) is 5.41 Å². The van der Waals surface area contributed by atoms with E-state index >= 15 is 0 Å². The maximum atomic E-state index is 12.4. The topological polar surface area (TPSA) is 74.4 Å². The lowest BCUT2D eigenvalue weighted by atomic mass is 9.85. The van der Waals surface area contributed by atoms with Gasteiger partial charge in [-0.3, -0.25) is 0 Å². The van der Waals surface area contributed by atoms with Crippen molar-refractivity contribution in [1.82, 2.24) is 20.2 Å². The van der Waals surface area contributed by atoms with E-state index < -0.39 is 11.7 Å². The lowest BCUT2D eigenvalue weighted by Crippen LogP contribution is -2.62. The molecule has 2 heterocycles. The Bertz CT molecular complexity index is 459. The number of hydrogen-bond acceptors (Lipinski definition) is 5. The summed E-state index contributed by atoms with van der Waals surface area (Å²) in [6, 6.07) is -0.0534. The minimum atomic E-state index is -0.562. The molecular formula is C15H28N4O4. The van der Waals surface area contributed by atoms with E-state index in [0.29, 0.717) is 39.4 Å². The standard InChI is InChI=1S/C15H28N4O4/c1-14(2,3)23-13(21)19-7-6-17(4)12(20)18(5)9-15(8-16-19)10-22-11-15/h16H,6-11H2,1-5H3. The molecular weight excluding hydrogens is 300 g/mol. The average molecular weight is 328 g/mol. The minimum Gasteiger partial charge on any atom is -0.443 e. The molecule has 2 rings (SSSR count). The second-order valence-electron chi connectivity index (χ2n) is 7.52. The van der Waals surface area contributed by atoms with E-state index in [4.69, 9.17) is 9.47 Å². The highest BCUT2D eigenvalue weighted by atomic mass is 16.6. The van der Waals surface area contributed by atoms with Gasteiger partial charge in [0.25, 0.3) is 0 Å². The molecule has 2 aliphatic heterocycles. The Hall–Kier alpha value is -1.54. The van der Waals surface area contributed by atoms with Crippen LogP contribution in [0.5, 0.6) is 0 Å². The summed E-state index contributed by atoms with van der Waals surface area (Å²) in [4.78, 5) is 28.0. The Morgan fingerprint density at radius 3 is 2.39 bits per heavy atom. The second-order valence-corrected chi connectivity index (χ2v) is 7.52. The quantitative estimate of drug-likeness (QED) is 0.710. The van der Waals surface area contributed by atoms with E-state index in [2.05, 4.69) is 5.43 Å². The maximum absolute atomic E-state index is 12.4. The minimum absolute atomic E-state index is 0.0534. The lowest BCUT2D eigenvalue weighted by molar-refractivity contribution is -0.126. The first-order valence-corrected chi connectivity index (χ1v) is 7.90. The van der Waals surface area contributed by atoms with Gasteiger partial charge in [-0.1, -0.05) is 0 Å². The molecule has 0 radical (unpaired) electrons. The van der Waals surface area contributed by atoms with Crippen molar-refractivity contribution in [2.45, 2.75) is 26.4 Å². The molecule has 0 unspecified atom stereocenters. The van der Waals surface area contributed by atoms with Gasteiger partial charge in [-0.2, -0.15) is 0 Å². The molecule has 0 atom stereocenters. The SMILES string of the molecule is CN1CCN(C(=O)OC(C)(C)C)NCC2(COC2)CN(C)C1=O. The number of rotatable bonds is 0. The summed E-state index contributed by atoms with van der Waals surface area (Å²) in [5.41, 5.74) is 2.45. The fourth-order valence-electron chi connectivity index (χ4n) is 2.66. The maximum Gasteiger partial charge on any atom is 0.424 e. The Morgan fingerprint density at radius 2 is 1.87 bits per heavy atom. The zero-order valence-corrected chi connectivity index (χ0v) is 14.7. The molecule has 0 aliphatic carbocycles. The van der Waals surface area contributed by atoms with Gasteiger partial charge in [0.1, 0.15) is 5.60 Å². The van der Waals surface area contributed by atoms with Crippen molar-refractivity contribution in [2.24, 2.45) is 5.41 Å². The average Bonchev–Trinajstić information content (AvgIpc) is 2.39. The van der Waals surface area contributed by atoms with Crippen molar-refractivity contribution in [3.05, 3.63) is 0 Å². The van der Waals surface area contributed by atoms with Gasteiger partial charge < -0.3 is 19.3 Å². The Morgan fingerprint density at radius 1 is 1.22 bits per heavy atom. The normalized spacial score (nSPS) is 22.8. The molecule has 23 heavy (non-hydrogen) atoms. The van der Waals surface area contributed by atoms with Crippen molar-refractivity contribution in [3.63, 3.8) is 0 Å². The third-order valence-corrected chi connectivity index (χ3v) is 3.96. The fourth-order valence-corrected chi connectivity index (χ4v) is 2.66. The summed E-state index contributed by atoms with van der Waals surface area (Å²) in [6.45, 7) is 8.58. The van der Waals surface area contributed by atoms with E-state index in [0.717, 1.165) is 0 Å². The van der Waals surface area contributed by atoms with Crippen LogP contribution in [0.25, 0.3) is 0 Å². The van der Waals surface area contributed by atoms with Crippen molar-refractivity contribution in [2.75, 3.05) is 53.5 Å². The largest absolute Gasteiger partial charge is 0.443 e. The summed E-state index contributed by atoms with van der Waals surface area (Å²) in [7, 11) is 3.53. The third kappa shape index (κ3) is 4.48. The molecule has 8 heteroatoms. The summed E-state index contributed by atoms with van der Waals surface area (Å²) in [5.74, 6) is 0. The molecule has 0 aromatic carbocycles. The predicted octanol–water partition coefficient (Wildman–Crippen LogP) is 0.742. The molecule has 0 aromatic heterocycles. The Kier molecular flexibility index (Phi) is 5.05. The highest BCUT2D eigenvalue weighted by Gasteiger charge is 2.42. The van der Waals surface area contributed by atoms with E-state index in [-0.39, 0.29) is 11.4 Å². The fraction of sp³-hybridized carbons (Fsp3) is 0.867. The van der Waals surface area contributed by atoms with Gasteiger partial charge in [0, 0.05) is 39.1 Å². The summed E-state index contributed by atoms with van der Waals surface area (Å²) in [5, 5.41) is 1.46. The van der Waals surface area contributed by atoms with Crippen molar-refractivity contribution in [3.8, 4) is 0 Å². The molecule has 0 bridgehead atoms. The first kappa shape index (κ1) is 17.8. The van der Waals surface area contributed by atoms with Gasteiger partial charge in [-0.25, -0.2) is 20.0 Å². The molecule has 2 fully saturated rings. The Labute approximate surface area is 137 Å². The van der Waals surface area contributed by atoms with Gasteiger partial charge in [-0.05, 0) is 20.8 Å². The lowest BCUT2D eigenvalue weighted by Gasteiger charge is -2.46. The molecule has 0 aromatic rings. The molecule has 3 amide bonds. The highest BCUT2D eigenvalue weighted by molar-refractivity contribution is 5.74. The number of amides is 3. The zero-order chi connectivity index (χ0) is 17.3. The smallest absolute Gasteiger partial charge is 0.424 e. The number of likely N-dealkylation sites (N-methyl/N-ethyl adjacent to an activating group) is 1. The van der Waals surface area contributed by atoms with Crippen LogP contribution < -0.4 is 5.43 Å². The number of ether oxygens (including phenoxy) is 2. The van der Waals surface area contributed by atoms with Crippen LogP contribution in [0.3, 0.4) is 0 Å². The predicted molar refractivity (Wildman–Crippen MR) is 84.9 cm³/mol. The summed E-state index contributed by atoms with van der Waals surface area (Å²) < 4.78 is 10.8. The number of hydrazine groups is 1. The highest BCUT2D eigenvalue weighted by Crippen LogP contribution is 2.28. The van der Waals surface area contributed by atoms with Crippen molar-refractivity contribution >= 4 is 12.1 Å². The Balaban J connectivity index is 2.10. The molecule has 8 nitrogen and oxygen atoms in total. The third-order valence-electron chi connectivity index (χ3n) is 3.96. The molecule has 132 valence electrons. The molecule has 0 saturated carbocycles. The monoisotopic (exact) mass is 328 g/mol. The van der Waals surface area contributed by atoms with Crippen LogP contribution in [-0.2, 0) is 9.47 Å². The van der Waals surface area contributed by atoms with Crippen LogP contribution in [0.1, 0.15) is 20.8 Å². The van der Waals surface area contributed by atoms with Gasteiger partial charge >= 0.3 is 12.1 Å². The number of urea groups is 1. The van der Waals surface area contributed by atoms with Crippen LogP contribution in [0.4, 0.5) is 9.59 Å². The number of carbonyl (C=O) groups is 2. The van der Waals surface area contributed by atoms with Gasteiger partial charge in [0.15, 0.2) is 0 Å². The number of nitrogens with one attached hydrogen (secondary N) is 1. The summed E-state index contributed by atoms with van der Waals surface area (Å²) in [6.07, 6.45) is -0.428. The molecule has 1 N–H and O–H groups in total. The van der Waals surface area contributed by atoms with E-state index in [1.165, 1.54) is 5.01 Å². The number of nitrogens with zero attached hydrogens (tertiary/aromatic N) is 3. The van der Waals surface area contributed by atoms with Crippen LogP contribution >= 0.6 is 0 Å². The molecule has 1 spiro atoms. The van der Waals surface area contributed by atoms with Crippen molar-refractivity contribution < 1.29 is 19.1 Å². The van der Waals surface area contributed by atoms with Crippen LogP contribution in [-0.4, -0.2) is 86.0 Å². The molecule has 2 saturated heterocycles. The van der Waals surface area contributed by atoms with Crippen LogP contribution in [0.15, 0.2) is 0 Å². The number of hydrogen-bond donors (Lipinski definition) is 1. The van der Waals surface area contributed by atoms with Gasteiger partial charge in [-0.15, -0.1) is 0 Å². The van der Waals surface area contributed by atoms with Crippen molar-refractivity contribution in [1.29, 1.82) is 0 Å². The summed E-state index contributed by atoms with van der Waals surface area (Å²) >= 11 is 0. The zero-order valence-electron chi connectivity index (χ0n) is 14.7.